The molecule has 2 rings (SSSR count). The van der Waals surface area contributed by atoms with Crippen molar-refractivity contribution in [3.8, 4) is 5.69 Å². The van der Waals surface area contributed by atoms with Crippen molar-refractivity contribution in [2.24, 2.45) is 0 Å². The van der Waals surface area contributed by atoms with Crippen LogP contribution in [0.25, 0.3) is 5.69 Å². The lowest BCUT2D eigenvalue weighted by Gasteiger charge is -2.12. The van der Waals surface area contributed by atoms with Crippen LogP contribution < -0.4 is 0 Å². The smallest absolute Gasteiger partial charge is 0.239 e. The second-order valence-corrected chi connectivity index (χ2v) is 5.42. The third-order valence-electron chi connectivity index (χ3n) is 2.06. The Morgan fingerprint density at radius 1 is 1.29 bits per heavy atom. The SMILES string of the molecule is FC(F)(F)c1ccc(Br)cc1-n1cc(I)cn1. The average molecular weight is 417 g/mol. The van der Waals surface area contributed by atoms with Gasteiger partial charge in [0.25, 0.3) is 0 Å². The van der Waals surface area contributed by atoms with Crippen LogP contribution in [-0.2, 0) is 6.18 Å². The van der Waals surface area contributed by atoms with Crippen molar-refractivity contribution in [3.63, 3.8) is 0 Å². The zero-order valence-corrected chi connectivity index (χ0v) is 11.9. The normalized spacial score (nSPS) is 11.8. The van der Waals surface area contributed by atoms with Crippen LogP contribution in [0.2, 0.25) is 0 Å². The molecule has 0 aliphatic heterocycles. The van der Waals surface area contributed by atoms with Crippen molar-refractivity contribution in [2.45, 2.75) is 6.18 Å². The molecule has 0 bridgehead atoms. The minimum atomic E-state index is -4.40. The zero-order chi connectivity index (χ0) is 12.6. The Morgan fingerprint density at radius 3 is 2.53 bits per heavy atom. The molecule has 0 amide bonds. The van der Waals surface area contributed by atoms with Gasteiger partial charge in [-0.25, -0.2) is 4.68 Å². The van der Waals surface area contributed by atoms with Crippen LogP contribution in [0.1, 0.15) is 5.56 Å². The van der Waals surface area contributed by atoms with Gasteiger partial charge >= 0.3 is 6.18 Å². The van der Waals surface area contributed by atoms with Crippen molar-refractivity contribution >= 4 is 38.5 Å². The van der Waals surface area contributed by atoms with E-state index in [-0.39, 0.29) is 5.69 Å². The maximum atomic E-state index is 12.8. The highest BCUT2D eigenvalue weighted by atomic mass is 127. The molecule has 90 valence electrons. The van der Waals surface area contributed by atoms with Crippen LogP contribution in [0.3, 0.4) is 0 Å². The highest BCUT2D eigenvalue weighted by Gasteiger charge is 2.34. The molecule has 1 aromatic heterocycles. The molecule has 2 aromatic rings. The monoisotopic (exact) mass is 416 g/mol. The third-order valence-corrected chi connectivity index (χ3v) is 3.11. The first-order valence-corrected chi connectivity index (χ1v) is 6.32. The van der Waals surface area contributed by atoms with Crippen LogP contribution in [0.15, 0.2) is 35.1 Å². The molecule has 0 radical (unpaired) electrons. The van der Waals surface area contributed by atoms with Gasteiger partial charge in [-0.05, 0) is 40.8 Å². The Morgan fingerprint density at radius 2 is 2.00 bits per heavy atom. The van der Waals surface area contributed by atoms with Gasteiger partial charge in [0, 0.05) is 10.7 Å². The summed E-state index contributed by atoms with van der Waals surface area (Å²) >= 11 is 5.15. The number of hydrogen-bond donors (Lipinski definition) is 0. The zero-order valence-electron chi connectivity index (χ0n) is 8.17. The summed E-state index contributed by atoms with van der Waals surface area (Å²) in [4.78, 5) is 0. The molecule has 2 nitrogen and oxygen atoms in total. The summed E-state index contributed by atoms with van der Waals surface area (Å²) in [6.45, 7) is 0. The Labute approximate surface area is 117 Å². The largest absolute Gasteiger partial charge is 0.418 e. The third kappa shape index (κ3) is 2.82. The van der Waals surface area contributed by atoms with E-state index in [1.165, 1.54) is 29.2 Å². The van der Waals surface area contributed by atoms with Gasteiger partial charge in [-0.3, -0.25) is 0 Å². The first-order chi connectivity index (χ1) is 7.88. The number of halogens is 5. The molecule has 17 heavy (non-hydrogen) atoms. The Bertz CT molecular complexity index is 551. The fourth-order valence-corrected chi connectivity index (χ4v) is 2.10. The maximum Gasteiger partial charge on any atom is 0.418 e. The second kappa shape index (κ2) is 4.60. The van der Waals surface area contributed by atoms with E-state index in [2.05, 4.69) is 21.0 Å². The quantitative estimate of drug-likeness (QED) is 0.635. The summed E-state index contributed by atoms with van der Waals surface area (Å²) in [5.41, 5.74) is -0.699. The second-order valence-electron chi connectivity index (χ2n) is 3.26. The van der Waals surface area contributed by atoms with E-state index in [0.717, 1.165) is 9.64 Å². The molecular formula is C10H5BrF3IN2. The standard InChI is InChI=1S/C10H5BrF3IN2/c11-6-1-2-8(10(12,13)14)9(3-6)17-5-7(15)4-16-17/h1-5H. The van der Waals surface area contributed by atoms with Crippen molar-refractivity contribution < 1.29 is 13.2 Å². The Kier molecular flexibility index (Phi) is 3.48. The fourth-order valence-electron chi connectivity index (χ4n) is 1.37. The lowest BCUT2D eigenvalue weighted by Crippen LogP contribution is -2.11. The molecule has 7 heteroatoms. The molecule has 0 spiro atoms. The number of benzene rings is 1. The summed E-state index contributed by atoms with van der Waals surface area (Å²) in [7, 11) is 0. The Hall–Kier alpha value is -0.570. The van der Waals surface area contributed by atoms with E-state index < -0.39 is 11.7 Å². The molecule has 0 saturated heterocycles. The predicted molar refractivity (Wildman–Crippen MR) is 69.0 cm³/mol. The highest BCUT2D eigenvalue weighted by molar-refractivity contribution is 14.1. The maximum absolute atomic E-state index is 12.8. The number of nitrogens with zero attached hydrogens (tertiary/aromatic N) is 2. The predicted octanol–water partition coefficient (Wildman–Crippen LogP) is 4.26. The van der Waals surface area contributed by atoms with Crippen molar-refractivity contribution in [3.05, 3.63) is 44.2 Å². The van der Waals surface area contributed by atoms with E-state index in [1.54, 1.807) is 0 Å². The minimum absolute atomic E-state index is 0.00907. The number of alkyl halides is 3. The van der Waals surface area contributed by atoms with Gasteiger partial charge in [0.05, 0.1) is 21.0 Å². The number of hydrogen-bond acceptors (Lipinski definition) is 1. The van der Waals surface area contributed by atoms with Crippen molar-refractivity contribution in [2.75, 3.05) is 0 Å². The fraction of sp³-hybridized carbons (Fsp3) is 0.100. The molecule has 0 aliphatic carbocycles. The molecule has 1 aromatic carbocycles. The average Bonchev–Trinajstić information content (AvgIpc) is 2.62. The van der Waals surface area contributed by atoms with Gasteiger partial charge in [-0.1, -0.05) is 15.9 Å². The van der Waals surface area contributed by atoms with Crippen molar-refractivity contribution in [1.29, 1.82) is 0 Å². The lowest BCUT2D eigenvalue weighted by atomic mass is 10.2. The van der Waals surface area contributed by atoms with Gasteiger partial charge in [0.15, 0.2) is 0 Å². The molecule has 0 saturated carbocycles. The molecule has 0 fully saturated rings. The summed E-state index contributed by atoms with van der Waals surface area (Å²) in [5, 5.41) is 3.89. The van der Waals surface area contributed by atoms with Gasteiger partial charge in [-0.2, -0.15) is 18.3 Å². The molecule has 0 atom stereocenters. The minimum Gasteiger partial charge on any atom is -0.239 e. The van der Waals surface area contributed by atoms with Gasteiger partial charge in [0.1, 0.15) is 0 Å². The van der Waals surface area contributed by atoms with Crippen LogP contribution >= 0.6 is 38.5 Å². The first kappa shape index (κ1) is 12.9. The van der Waals surface area contributed by atoms with E-state index in [4.69, 9.17) is 0 Å². The number of aromatic nitrogens is 2. The van der Waals surface area contributed by atoms with E-state index >= 15 is 0 Å². The first-order valence-electron chi connectivity index (χ1n) is 4.45. The summed E-state index contributed by atoms with van der Waals surface area (Å²) in [5.74, 6) is 0. The molecule has 0 N–H and O–H groups in total. The highest BCUT2D eigenvalue weighted by Crippen LogP contribution is 2.35. The molecule has 1 heterocycles. The molecule has 0 unspecified atom stereocenters. The Balaban J connectivity index is 2.63. The van der Waals surface area contributed by atoms with Gasteiger partial charge in [-0.15, -0.1) is 0 Å². The van der Waals surface area contributed by atoms with Crippen LogP contribution in [0, 0.1) is 3.57 Å². The van der Waals surface area contributed by atoms with E-state index in [1.807, 2.05) is 22.6 Å². The summed E-state index contributed by atoms with van der Waals surface area (Å²) < 4.78 is 41.0. The summed E-state index contributed by atoms with van der Waals surface area (Å²) in [6.07, 6.45) is -1.35. The van der Waals surface area contributed by atoms with Crippen LogP contribution in [-0.4, -0.2) is 9.78 Å². The van der Waals surface area contributed by atoms with Gasteiger partial charge in [0.2, 0.25) is 0 Å². The van der Waals surface area contributed by atoms with Gasteiger partial charge < -0.3 is 0 Å². The van der Waals surface area contributed by atoms with E-state index in [9.17, 15) is 13.2 Å². The van der Waals surface area contributed by atoms with Crippen LogP contribution in [0.4, 0.5) is 13.2 Å². The van der Waals surface area contributed by atoms with Crippen LogP contribution in [0.5, 0.6) is 0 Å². The number of rotatable bonds is 1. The molecule has 0 aliphatic rings. The van der Waals surface area contributed by atoms with E-state index in [0.29, 0.717) is 4.47 Å². The van der Waals surface area contributed by atoms with Crippen molar-refractivity contribution in [1.82, 2.24) is 9.78 Å². The molecular weight excluding hydrogens is 412 g/mol. The topological polar surface area (TPSA) is 17.8 Å². The summed E-state index contributed by atoms with van der Waals surface area (Å²) in [6, 6.07) is 3.79. The lowest BCUT2D eigenvalue weighted by molar-refractivity contribution is -0.137.